The summed E-state index contributed by atoms with van der Waals surface area (Å²) in [4.78, 5) is 11.0. The average Bonchev–Trinajstić information content (AvgIpc) is 2.59. The number of nitrogens with zero attached hydrogens (tertiary/aromatic N) is 2. The van der Waals surface area contributed by atoms with Crippen LogP contribution >= 0.6 is 0 Å². The Morgan fingerprint density at radius 2 is 2.19 bits per heavy atom. The van der Waals surface area contributed by atoms with Crippen molar-refractivity contribution in [2.75, 3.05) is 0 Å². The Balaban J connectivity index is 2.45. The van der Waals surface area contributed by atoms with Crippen molar-refractivity contribution in [2.45, 2.75) is 33.2 Å². The molecular weight excluding hydrogens is 200 g/mol. The molecule has 0 saturated heterocycles. The van der Waals surface area contributed by atoms with E-state index in [0.29, 0.717) is 12.5 Å². The normalized spacial score (nSPS) is 11.2. The fraction of sp³-hybridized carbons (Fsp3) is 0.385. The molecule has 1 aromatic carbocycles. The first-order chi connectivity index (χ1) is 7.58. The molecule has 0 aliphatic carbocycles. The Hall–Kier alpha value is -1.64. The molecular formula is C13H16N2O. The molecule has 0 amide bonds. The Morgan fingerprint density at radius 3 is 2.81 bits per heavy atom. The highest BCUT2D eigenvalue weighted by atomic mass is 16.1. The summed E-state index contributed by atoms with van der Waals surface area (Å²) in [5.74, 6) is 0.190. The highest BCUT2D eigenvalue weighted by Crippen LogP contribution is 2.19. The van der Waals surface area contributed by atoms with Crippen molar-refractivity contribution in [3.05, 3.63) is 30.0 Å². The van der Waals surface area contributed by atoms with Crippen molar-refractivity contribution < 1.29 is 4.79 Å². The second-order valence-electron chi connectivity index (χ2n) is 4.45. The lowest BCUT2D eigenvalue weighted by Gasteiger charge is -2.07. The van der Waals surface area contributed by atoms with Crippen molar-refractivity contribution in [1.82, 2.24) is 9.78 Å². The van der Waals surface area contributed by atoms with E-state index >= 15 is 0 Å². The van der Waals surface area contributed by atoms with Gasteiger partial charge in [-0.2, -0.15) is 5.10 Å². The van der Waals surface area contributed by atoms with Gasteiger partial charge in [-0.05, 0) is 38.5 Å². The summed E-state index contributed by atoms with van der Waals surface area (Å²) in [7, 11) is 0. The summed E-state index contributed by atoms with van der Waals surface area (Å²) in [6.07, 6.45) is 2.36. The molecule has 0 saturated carbocycles. The predicted molar refractivity (Wildman–Crippen MR) is 64.5 cm³/mol. The van der Waals surface area contributed by atoms with E-state index in [4.69, 9.17) is 0 Å². The molecule has 2 aromatic rings. The van der Waals surface area contributed by atoms with Crippen molar-refractivity contribution >= 4 is 16.7 Å². The van der Waals surface area contributed by atoms with Crippen LogP contribution in [0.4, 0.5) is 0 Å². The number of Topliss-reactive ketones (excluding diaryl/α,β-unsaturated/α-hetero) is 1. The summed E-state index contributed by atoms with van der Waals surface area (Å²) >= 11 is 0. The number of hydrogen-bond acceptors (Lipinski definition) is 2. The van der Waals surface area contributed by atoms with E-state index in [-0.39, 0.29) is 5.78 Å². The molecule has 0 fully saturated rings. The van der Waals surface area contributed by atoms with Crippen LogP contribution in [0, 0.1) is 0 Å². The van der Waals surface area contributed by atoms with Gasteiger partial charge < -0.3 is 0 Å². The molecule has 2 rings (SSSR count). The van der Waals surface area contributed by atoms with Gasteiger partial charge in [0.25, 0.3) is 0 Å². The van der Waals surface area contributed by atoms with Gasteiger partial charge in [0.2, 0.25) is 0 Å². The van der Waals surface area contributed by atoms with E-state index < -0.39 is 0 Å². The Labute approximate surface area is 95.1 Å². The first-order valence-electron chi connectivity index (χ1n) is 5.53. The third-order valence-corrected chi connectivity index (χ3v) is 2.60. The summed E-state index contributed by atoms with van der Waals surface area (Å²) < 4.78 is 1.99. The van der Waals surface area contributed by atoms with Crippen LogP contribution in [-0.4, -0.2) is 15.6 Å². The smallest absolute Gasteiger partial charge is 0.134 e. The van der Waals surface area contributed by atoms with E-state index in [2.05, 4.69) is 18.9 Å². The van der Waals surface area contributed by atoms with Gasteiger partial charge in [-0.1, -0.05) is 6.07 Å². The summed E-state index contributed by atoms with van der Waals surface area (Å²) in [6, 6.07) is 6.45. The number of ketones is 1. The van der Waals surface area contributed by atoms with Gasteiger partial charge >= 0.3 is 0 Å². The van der Waals surface area contributed by atoms with Gasteiger partial charge in [-0.25, -0.2) is 0 Å². The van der Waals surface area contributed by atoms with Crippen LogP contribution in [0.25, 0.3) is 10.9 Å². The van der Waals surface area contributed by atoms with Gasteiger partial charge in [0.1, 0.15) is 5.78 Å². The van der Waals surface area contributed by atoms with Crippen LogP contribution in [0.2, 0.25) is 0 Å². The largest absolute Gasteiger partial charge is 0.300 e. The van der Waals surface area contributed by atoms with Crippen molar-refractivity contribution in [1.29, 1.82) is 0 Å². The Bertz CT molecular complexity index is 526. The first-order valence-corrected chi connectivity index (χ1v) is 5.53. The SMILES string of the molecule is CC(=O)Cc1ccc2c(cnn2C(C)C)c1. The van der Waals surface area contributed by atoms with E-state index in [1.165, 1.54) is 0 Å². The van der Waals surface area contributed by atoms with Gasteiger partial charge in [0, 0.05) is 17.8 Å². The molecule has 84 valence electrons. The molecule has 0 unspecified atom stereocenters. The van der Waals surface area contributed by atoms with Gasteiger partial charge in [0.15, 0.2) is 0 Å². The minimum atomic E-state index is 0.190. The lowest BCUT2D eigenvalue weighted by molar-refractivity contribution is -0.116. The molecule has 0 atom stereocenters. The number of aromatic nitrogens is 2. The zero-order valence-corrected chi connectivity index (χ0v) is 9.90. The average molecular weight is 216 g/mol. The zero-order valence-electron chi connectivity index (χ0n) is 9.90. The number of fused-ring (bicyclic) bond motifs is 1. The molecule has 1 aromatic heterocycles. The predicted octanol–water partition coefficient (Wildman–Crippen LogP) is 2.75. The summed E-state index contributed by atoms with van der Waals surface area (Å²) in [5, 5.41) is 5.45. The lowest BCUT2D eigenvalue weighted by Crippen LogP contribution is -2.02. The third-order valence-electron chi connectivity index (χ3n) is 2.60. The van der Waals surface area contributed by atoms with Crippen LogP contribution in [0.5, 0.6) is 0 Å². The maximum Gasteiger partial charge on any atom is 0.134 e. The second-order valence-corrected chi connectivity index (χ2v) is 4.45. The minimum absolute atomic E-state index is 0.190. The van der Waals surface area contributed by atoms with E-state index in [9.17, 15) is 4.79 Å². The van der Waals surface area contributed by atoms with Crippen LogP contribution in [0.3, 0.4) is 0 Å². The minimum Gasteiger partial charge on any atom is -0.300 e. The van der Waals surface area contributed by atoms with Gasteiger partial charge in [0.05, 0.1) is 11.7 Å². The van der Waals surface area contributed by atoms with Gasteiger partial charge in [-0.3, -0.25) is 9.48 Å². The second kappa shape index (κ2) is 4.08. The maximum atomic E-state index is 11.0. The van der Waals surface area contributed by atoms with Crippen molar-refractivity contribution in [2.24, 2.45) is 0 Å². The first kappa shape index (κ1) is 10.9. The van der Waals surface area contributed by atoms with Crippen LogP contribution in [0.15, 0.2) is 24.4 Å². The van der Waals surface area contributed by atoms with E-state index in [0.717, 1.165) is 16.5 Å². The van der Waals surface area contributed by atoms with Crippen molar-refractivity contribution in [3.8, 4) is 0 Å². The quantitative estimate of drug-likeness (QED) is 0.790. The standard InChI is InChI=1S/C13H16N2O/c1-9(2)15-13-5-4-11(6-10(3)16)7-12(13)8-14-15/h4-5,7-9H,6H2,1-3H3. The fourth-order valence-corrected chi connectivity index (χ4v) is 1.91. The number of rotatable bonds is 3. The molecule has 0 aliphatic rings. The third kappa shape index (κ3) is 1.98. The molecule has 0 bridgehead atoms. The maximum absolute atomic E-state index is 11.0. The van der Waals surface area contributed by atoms with Crippen LogP contribution in [0.1, 0.15) is 32.4 Å². The van der Waals surface area contributed by atoms with Crippen LogP contribution < -0.4 is 0 Å². The summed E-state index contributed by atoms with van der Waals surface area (Å²) in [5.41, 5.74) is 2.19. The molecule has 0 N–H and O–H groups in total. The monoisotopic (exact) mass is 216 g/mol. The van der Waals surface area contributed by atoms with E-state index in [1.54, 1.807) is 6.92 Å². The van der Waals surface area contributed by atoms with Crippen LogP contribution in [-0.2, 0) is 11.2 Å². The highest BCUT2D eigenvalue weighted by Gasteiger charge is 2.06. The molecule has 0 spiro atoms. The topological polar surface area (TPSA) is 34.9 Å². The van der Waals surface area contributed by atoms with Gasteiger partial charge in [-0.15, -0.1) is 0 Å². The molecule has 1 heterocycles. The number of hydrogen-bond donors (Lipinski definition) is 0. The number of carbonyl (C=O) groups is 1. The molecule has 0 aliphatic heterocycles. The molecule has 3 heteroatoms. The molecule has 0 radical (unpaired) electrons. The Kier molecular flexibility index (Phi) is 2.77. The lowest BCUT2D eigenvalue weighted by atomic mass is 10.1. The zero-order chi connectivity index (χ0) is 11.7. The molecule has 16 heavy (non-hydrogen) atoms. The van der Waals surface area contributed by atoms with Crippen molar-refractivity contribution in [3.63, 3.8) is 0 Å². The number of carbonyl (C=O) groups excluding carboxylic acids is 1. The highest BCUT2D eigenvalue weighted by molar-refractivity contribution is 5.83. The molecule has 3 nitrogen and oxygen atoms in total. The van der Waals surface area contributed by atoms with E-state index in [1.807, 2.05) is 29.1 Å². The Morgan fingerprint density at radius 1 is 1.44 bits per heavy atom. The number of benzene rings is 1. The fourth-order valence-electron chi connectivity index (χ4n) is 1.91. The summed E-state index contributed by atoms with van der Waals surface area (Å²) in [6.45, 7) is 5.83.